The van der Waals surface area contributed by atoms with Crippen LogP contribution in [0.5, 0.6) is 0 Å². The topological polar surface area (TPSA) is 20.3 Å². The van der Waals surface area contributed by atoms with Gasteiger partial charge in [0.15, 0.2) is 0 Å². The van der Waals surface area contributed by atoms with E-state index in [0.717, 1.165) is 15.6 Å². The molecule has 5 heteroatoms. The van der Waals surface area contributed by atoms with Crippen LogP contribution in [-0.4, -0.2) is 15.1 Å². The summed E-state index contributed by atoms with van der Waals surface area (Å²) in [5.41, 5.74) is 2.13. The number of carbonyl (C=O) groups is 1. The summed E-state index contributed by atoms with van der Waals surface area (Å²) >= 11 is 10.2. The van der Waals surface area contributed by atoms with Crippen LogP contribution in [0.2, 0.25) is 0 Å². The Hall–Kier alpha value is -1.69. The number of rotatable bonds is 4. The van der Waals surface area contributed by atoms with Crippen LogP contribution in [0, 0.1) is 0 Å². The third-order valence-electron chi connectivity index (χ3n) is 3.43. The van der Waals surface area contributed by atoms with E-state index in [1.165, 1.54) is 11.8 Å². The highest BCUT2D eigenvalue weighted by atomic mass is 79.9. The van der Waals surface area contributed by atoms with E-state index in [1.807, 2.05) is 72.8 Å². The normalized spacial score (nSPS) is 17.0. The van der Waals surface area contributed by atoms with Crippen LogP contribution in [-0.2, 0) is 11.3 Å². The van der Waals surface area contributed by atoms with Crippen molar-refractivity contribution in [2.75, 3.05) is 0 Å². The average molecular weight is 416 g/mol. The highest BCUT2D eigenvalue weighted by Crippen LogP contribution is 2.34. The molecule has 3 rings (SSSR count). The van der Waals surface area contributed by atoms with Crippen LogP contribution in [0.25, 0.3) is 6.08 Å². The Morgan fingerprint density at radius 3 is 2.38 bits per heavy atom. The fraction of sp³-hybridized carbons (Fsp3) is 0.0526. The Balaban J connectivity index is 1.77. The maximum Gasteiger partial charge on any atom is 0.266 e. The minimum atomic E-state index is -0.0488. The first-order valence-corrected chi connectivity index (χ1v) is 9.37. The lowest BCUT2D eigenvalue weighted by atomic mass is 10.2. The Kier molecular flexibility index (Phi) is 5.66. The van der Waals surface area contributed by atoms with Gasteiger partial charge in [-0.25, -0.2) is 0 Å². The molecule has 0 spiro atoms. The second-order valence-electron chi connectivity index (χ2n) is 5.19. The van der Waals surface area contributed by atoms with E-state index in [-0.39, 0.29) is 5.91 Å². The molecule has 1 aliphatic heterocycles. The summed E-state index contributed by atoms with van der Waals surface area (Å²) in [7, 11) is 0. The molecule has 0 aliphatic carbocycles. The van der Waals surface area contributed by atoms with Crippen LogP contribution in [0.4, 0.5) is 0 Å². The number of nitrogens with zero attached hydrogens (tertiary/aromatic N) is 1. The number of thioether (sulfide) groups is 1. The number of allylic oxidation sites excluding steroid dienone is 2. The molecule has 0 atom stereocenters. The summed E-state index contributed by atoms with van der Waals surface area (Å²) in [4.78, 5) is 14.9. The predicted octanol–water partition coefficient (Wildman–Crippen LogP) is 5.37. The standard InChI is InChI=1S/C19H14BrNOS2/c20-16(11-14-7-3-1-4-8-14)12-17-18(22)21(19(23)24-17)13-15-9-5-2-6-10-15/h1-12H,13H2/b16-11-,17-12-. The predicted molar refractivity (Wildman–Crippen MR) is 109 cm³/mol. The Bertz CT molecular complexity index is 816. The first kappa shape index (κ1) is 17.1. The molecule has 1 amide bonds. The van der Waals surface area contributed by atoms with Crippen molar-refractivity contribution in [3.63, 3.8) is 0 Å². The molecule has 1 aliphatic rings. The average Bonchev–Trinajstić information content (AvgIpc) is 2.84. The number of hydrogen-bond donors (Lipinski definition) is 0. The Morgan fingerprint density at radius 2 is 1.71 bits per heavy atom. The van der Waals surface area contributed by atoms with E-state index >= 15 is 0 Å². The fourth-order valence-corrected chi connectivity index (χ4v) is 4.17. The van der Waals surface area contributed by atoms with Crippen molar-refractivity contribution in [1.29, 1.82) is 0 Å². The molecule has 0 aromatic heterocycles. The zero-order valence-electron chi connectivity index (χ0n) is 12.7. The SMILES string of the molecule is O=C1/C(=C/C(Br)=C/c2ccccc2)SC(=S)N1Cc1ccccc1. The summed E-state index contributed by atoms with van der Waals surface area (Å²) in [5.74, 6) is -0.0488. The third-order valence-corrected chi connectivity index (χ3v) is 5.27. The first-order chi connectivity index (χ1) is 11.6. The van der Waals surface area contributed by atoms with Crippen LogP contribution in [0.3, 0.4) is 0 Å². The van der Waals surface area contributed by atoms with Crippen molar-refractivity contribution in [2.45, 2.75) is 6.54 Å². The van der Waals surface area contributed by atoms with E-state index in [2.05, 4.69) is 15.9 Å². The van der Waals surface area contributed by atoms with Gasteiger partial charge in [0.25, 0.3) is 5.91 Å². The molecule has 1 heterocycles. The molecule has 1 saturated heterocycles. The maximum absolute atomic E-state index is 12.6. The molecule has 2 nitrogen and oxygen atoms in total. The Morgan fingerprint density at radius 1 is 1.08 bits per heavy atom. The van der Waals surface area contributed by atoms with Crippen LogP contribution < -0.4 is 0 Å². The quantitative estimate of drug-likeness (QED) is 0.494. The van der Waals surface area contributed by atoms with Gasteiger partial charge >= 0.3 is 0 Å². The molecular weight excluding hydrogens is 402 g/mol. The number of carbonyl (C=O) groups excluding carboxylic acids is 1. The molecule has 2 aromatic rings. The molecular formula is C19H14BrNOS2. The minimum absolute atomic E-state index is 0.0488. The highest BCUT2D eigenvalue weighted by Gasteiger charge is 2.31. The van der Waals surface area contributed by atoms with Crippen molar-refractivity contribution >= 4 is 56.2 Å². The van der Waals surface area contributed by atoms with Gasteiger partial charge in [0.05, 0.1) is 11.4 Å². The molecule has 0 unspecified atom stereocenters. The monoisotopic (exact) mass is 415 g/mol. The van der Waals surface area contributed by atoms with Gasteiger partial charge in [0.2, 0.25) is 0 Å². The molecule has 1 fully saturated rings. The van der Waals surface area contributed by atoms with Crippen molar-refractivity contribution in [1.82, 2.24) is 4.90 Å². The number of thiocarbonyl (C=S) groups is 1. The zero-order chi connectivity index (χ0) is 16.9. The Labute approximate surface area is 159 Å². The van der Waals surface area contributed by atoms with Gasteiger partial charge in [0.1, 0.15) is 4.32 Å². The molecule has 0 N–H and O–H groups in total. The van der Waals surface area contributed by atoms with E-state index in [4.69, 9.17) is 12.2 Å². The van der Waals surface area contributed by atoms with Gasteiger partial charge in [-0.3, -0.25) is 9.69 Å². The molecule has 0 saturated carbocycles. The summed E-state index contributed by atoms with van der Waals surface area (Å²) in [6, 6.07) is 19.8. The van der Waals surface area contributed by atoms with Gasteiger partial charge in [0, 0.05) is 4.48 Å². The lowest BCUT2D eigenvalue weighted by Gasteiger charge is -2.14. The highest BCUT2D eigenvalue weighted by molar-refractivity contribution is 9.12. The van der Waals surface area contributed by atoms with Crippen molar-refractivity contribution < 1.29 is 4.79 Å². The van der Waals surface area contributed by atoms with Crippen molar-refractivity contribution in [3.8, 4) is 0 Å². The fourth-order valence-electron chi connectivity index (χ4n) is 2.28. The minimum Gasteiger partial charge on any atom is -0.288 e. The number of hydrogen-bond acceptors (Lipinski definition) is 3. The number of amides is 1. The molecule has 120 valence electrons. The van der Waals surface area contributed by atoms with Gasteiger partial charge in [-0.15, -0.1) is 0 Å². The van der Waals surface area contributed by atoms with Crippen molar-refractivity contribution in [2.24, 2.45) is 0 Å². The maximum atomic E-state index is 12.6. The lowest BCUT2D eigenvalue weighted by Crippen LogP contribution is -2.27. The van der Waals surface area contributed by atoms with E-state index in [9.17, 15) is 4.79 Å². The van der Waals surface area contributed by atoms with Crippen LogP contribution in [0.1, 0.15) is 11.1 Å². The van der Waals surface area contributed by atoms with Gasteiger partial charge in [-0.2, -0.15) is 0 Å². The van der Waals surface area contributed by atoms with Gasteiger partial charge in [-0.05, 0) is 23.3 Å². The smallest absolute Gasteiger partial charge is 0.266 e. The molecule has 0 bridgehead atoms. The lowest BCUT2D eigenvalue weighted by molar-refractivity contribution is -0.122. The molecule has 0 radical (unpaired) electrons. The van der Waals surface area contributed by atoms with E-state index < -0.39 is 0 Å². The second-order valence-corrected chi connectivity index (χ2v) is 7.78. The number of halogens is 1. The van der Waals surface area contributed by atoms with Crippen LogP contribution >= 0.6 is 39.9 Å². The van der Waals surface area contributed by atoms with Gasteiger partial charge in [-0.1, -0.05) is 101 Å². The molecule has 2 aromatic carbocycles. The van der Waals surface area contributed by atoms with E-state index in [1.54, 1.807) is 4.90 Å². The largest absolute Gasteiger partial charge is 0.288 e. The third kappa shape index (κ3) is 4.23. The summed E-state index contributed by atoms with van der Waals surface area (Å²) in [6.45, 7) is 0.503. The van der Waals surface area contributed by atoms with Crippen LogP contribution in [0.15, 0.2) is 76.1 Å². The summed E-state index contributed by atoms with van der Waals surface area (Å²) in [6.07, 6.45) is 3.81. The molecule has 24 heavy (non-hydrogen) atoms. The summed E-state index contributed by atoms with van der Waals surface area (Å²) < 4.78 is 1.43. The van der Waals surface area contributed by atoms with Crippen molar-refractivity contribution in [3.05, 3.63) is 87.3 Å². The van der Waals surface area contributed by atoms with Gasteiger partial charge < -0.3 is 0 Å². The first-order valence-electron chi connectivity index (χ1n) is 7.35. The second kappa shape index (κ2) is 7.92. The van der Waals surface area contributed by atoms with E-state index in [0.29, 0.717) is 15.8 Å². The number of benzene rings is 2. The summed E-state index contributed by atoms with van der Waals surface area (Å²) in [5, 5.41) is 0. The zero-order valence-corrected chi connectivity index (χ0v) is 15.9.